The van der Waals surface area contributed by atoms with Crippen molar-refractivity contribution < 1.29 is 9.47 Å². The van der Waals surface area contributed by atoms with Gasteiger partial charge < -0.3 is 25.0 Å². The lowest BCUT2D eigenvalue weighted by Crippen LogP contribution is -2.34. The van der Waals surface area contributed by atoms with E-state index in [1.165, 1.54) is 0 Å². The minimum absolute atomic E-state index is 0.109. The number of hydrogen-bond donors (Lipinski definition) is 2. The molecule has 1 aliphatic rings. The molecular formula is C27H30N6O2. The summed E-state index contributed by atoms with van der Waals surface area (Å²) in [5, 5.41) is 7.70. The molecule has 0 amide bonds. The van der Waals surface area contributed by atoms with E-state index in [9.17, 15) is 0 Å². The van der Waals surface area contributed by atoms with Gasteiger partial charge in [0.25, 0.3) is 0 Å². The number of nitrogens with zero attached hydrogens (tertiary/aromatic N) is 4. The van der Waals surface area contributed by atoms with Gasteiger partial charge in [-0.15, -0.1) is 0 Å². The van der Waals surface area contributed by atoms with E-state index in [0.717, 1.165) is 58.8 Å². The molecule has 0 saturated carbocycles. The standard InChI is InChI=1S/C27H30N6O2/c1-33(2)14-16-34-21-10-8-19(9-11-21)22-6-3-5-20-17-30-27(32-25(20)22)31-23-7-4-12-29-26(23)24-18-28-13-15-35-24/h3-12,17,24,28H,13-16,18H2,1-2H3,(H,30,31,32). The topological polar surface area (TPSA) is 84.4 Å². The van der Waals surface area contributed by atoms with Gasteiger partial charge in [-0.05, 0) is 43.9 Å². The maximum absolute atomic E-state index is 5.92. The summed E-state index contributed by atoms with van der Waals surface area (Å²) in [5.41, 5.74) is 4.69. The normalized spacial score (nSPS) is 15.9. The molecule has 35 heavy (non-hydrogen) atoms. The first-order valence-corrected chi connectivity index (χ1v) is 11.9. The first-order valence-electron chi connectivity index (χ1n) is 11.9. The molecule has 2 N–H and O–H groups in total. The molecule has 1 unspecified atom stereocenters. The summed E-state index contributed by atoms with van der Waals surface area (Å²) in [6.07, 6.45) is 3.52. The molecule has 8 heteroatoms. The van der Waals surface area contributed by atoms with Crippen molar-refractivity contribution in [2.45, 2.75) is 6.10 Å². The van der Waals surface area contributed by atoms with Gasteiger partial charge in [-0.25, -0.2) is 9.97 Å². The zero-order chi connectivity index (χ0) is 24.0. The molecule has 1 aliphatic heterocycles. The van der Waals surface area contributed by atoms with Crippen LogP contribution >= 0.6 is 0 Å². The first-order chi connectivity index (χ1) is 17.2. The number of aromatic nitrogens is 3. The summed E-state index contributed by atoms with van der Waals surface area (Å²) in [6, 6.07) is 18.2. The Hall–Kier alpha value is -3.59. The second-order valence-corrected chi connectivity index (χ2v) is 8.74. The SMILES string of the molecule is CN(C)CCOc1ccc(-c2cccc3cnc(Nc4cccnc4C4CNCCO4)nc23)cc1. The van der Waals surface area contributed by atoms with E-state index in [0.29, 0.717) is 19.2 Å². The van der Waals surface area contributed by atoms with Crippen molar-refractivity contribution in [3.8, 4) is 16.9 Å². The van der Waals surface area contributed by atoms with Gasteiger partial charge in [0.2, 0.25) is 5.95 Å². The van der Waals surface area contributed by atoms with Crippen LogP contribution in [-0.4, -0.2) is 66.8 Å². The van der Waals surface area contributed by atoms with Crippen LogP contribution in [0, 0.1) is 0 Å². The smallest absolute Gasteiger partial charge is 0.227 e. The second-order valence-electron chi connectivity index (χ2n) is 8.74. The maximum Gasteiger partial charge on any atom is 0.227 e. The Morgan fingerprint density at radius 2 is 1.97 bits per heavy atom. The number of para-hydroxylation sites is 1. The number of anilines is 2. The zero-order valence-electron chi connectivity index (χ0n) is 20.1. The third-order valence-electron chi connectivity index (χ3n) is 5.90. The van der Waals surface area contributed by atoms with Crippen molar-refractivity contribution in [1.82, 2.24) is 25.2 Å². The lowest BCUT2D eigenvalue weighted by atomic mass is 10.0. The van der Waals surface area contributed by atoms with Gasteiger partial charge in [-0.2, -0.15) is 0 Å². The summed E-state index contributed by atoms with van der Waals surface area (Å²) < 4.78 is 11.8. The summed E-state index contributed by atoms with van der Waals surface area (Å²) >= 11 is 0. The van der Waals surface area contributed by atoms with Crippen molar-refractivity contribution in [3.63, 3.8) is 0 Å². The number of benzene rings is 2. The third-order valence-corrected chi connectivity index (χ3v) is 5.90. The molecule has 2 aromatic carbocycles. The highest BCUT2D eigenvalue weighted by Gasteiger charge is 2.20. The highest BCUT2D eigenvalue weighted by Crippen LogP contribution is 2.31. The molecule has 180 valence electrons. The monoisotopic (exact) mass is 470 g/mol. The van der Waals surface area contributed by atoms with Gasteiger partial charge in [-0.1, -0.05) is 30.3 Å². The predicted octanol–water partition coefficient (Wildman–Crippen LogP) is 4.04. The van der Waals surface area contributed by atoms with Crippen LogP contribution in [0.3, 0.4) is 0 Å². The van der Waals surface area contributed by atoms with Gasteiger partial charge in [0, 0.05) is 43.0 Å². The van der Waals surface area contributed by atoms with E-state index in [1.807, 2.05) is 56.7 Å². The van der Waals surface area contributed by atoms with Crippen LogP contribution in [-0.2, 0) is 4.74 Å². The predicted molar refractivity (Wildman–Crippen MR) is 138 cm³/mol. The largest absolute Gasteiger partial charge is 0.492 e. The quantitative estimate of drug-likeness (QED) is 0.399. The number of rotatable bonds is 8. The van der Waals surface area contributed by atoms with Crippen molar-refractivity contribution in [2.24, 2.45) is 0 Å². The Morgan fingerprint density at radius 1 is 1.09 bits per heavy atom. The molecule has 0 radical (unpaired) electrons. The van der Waals surface area contributed by atoms with E-state index < -0.39 is 0 Å². The van der Waals surface area contributed by atoms with Crippen molar-refractivity contribution in [3.05, 3.63) is 72.7 Å². The van der Waals surface area contributed by atoms with Gasteiger partial charge in [0.05, 0.1) is 23.5 Å². The Balaban J connectivity index is 1.40. The van der Waals surface area contributed by atoms with Crippen LogP contribution in [0.15, 0.2) is 67.0 Å². The molecule has 1 atom stereocenters. The molecule has 5 rings (SSSR count). The average Bonchev–Trinajstić information content (AvgIpc) is 2.89. The summed E-state index contributed by atoms with van der Waals surface area (Å²) in [5.74, 6) is 1.38. The summed E-state index contributed by atoms with van der Waals surface area (Å²) in [4.78, 5) is 16.1. The molecule has 4 aromatic rings. The van der Waals surface area contributed by atoms with E-state index in [1.54, 1.807) is 6.20 Å². The first kappa shape index (κ1) is 23.2. The van der Waals surface area contributed by atoms with Crippen LogP contribution in [0.2, 0.25) is 0 Å². The molecule has 2 aromatic heterocycles. The zero-order valence-corrected chi connectivity index (χ0v) is 20.1. The van der Waals surface area contributed by atoms with Crippen LogP contribution < -0.4 is 15.4 Å². The molecule has 0 bridgehead atoms. The molecule has 1 saturated heterocycles. The highest BCUT2D eigenvalue weighted by molar-refractivity contribution is 5.94. The fourth-order valence-corrected chi connectivity index (χ4v) is 4.07. The molecule has 8 nitrogen and oxygen atoms in total. The number of ether oxygens (including phenoxy) is 2. The van der Waals surface area contributed by atoms with Gasteiger partial charge in [0.1, 0.15) is 18.5 Å². The fraction of sp³-hybridized carbons (Fsp3) is 0.296. The average molecular weight is 471 g/mol. The lowest BCUT2D eigenvalue weighted by molar-refractivity contribution is 0.0255. The molecule has 1 fully saturated rings. The van der Waals surface area contributed by atoms with E-state index >= 15 is 0 Å². The number of likely N-dealkylation sites (N-methyl/N-ethyl adjacent to an activating group) is 1. The minimum Gasteiger partial charge on any atom is -0.492 e. The Morgan fingerprint density at radius 3 is 2.77 bits per heavy atom. The van der Waals surface area contributed by atoms with E-state index in [2.05, 4.69) is 43.7 Å². The van der Waals surface area contributed by atoms with Crippen molar-refractivity contribution in [1.29, 1.82) is 0 Å². The van der Waals surface area contributed by atoms with Crippen molar-refractivity contribution >= 4 is 22.5 Å². The molecule has 0 spiro atoms. The van der Waals surface area contributed by atoms with E-state index in [4.69, 9.17) is 14.5 Å². The maximum atomic E-state index is 5.92. The Labute approximate surface area is 205 Å². The van der Waals surface area contributed by atoms with Gasteiger partial charge in [-0.3, -0.25) is 4.98 Å². The van der Waals surface area contributed by atoms with Crippen molar-refractivity contribution in [2.75, 3.05) is 52.3 Å². The van der Waals surface area contributed by atoms with Crippen LogP contribution in [0.1, 0.15) is 11.8 Å². The third kappa shape index (κ3) is 5.57. The fourth-order valence-electron chi connectivity index (χ4n) is 4.07. The van der Waals surface area contributed by atoms with Gasteiger partial charge >= 0.3 is 0 Å². The molecule has 3 heterocycles. The highest BCUT2D eigenvalue weighted by atomic mass is 16.5. The molecular weight excluding hydrogens is 440 g/mol. The van der Waals surface area contributed by atoms with Crippen LogP contribution in [0.25, 0.3) is 22.0 Å². The van der Waals surface area contributed by atoms with Crippen LogP contribution in [0.4, 0.5) is 11.6 Å². The van der Waals surface area contributed by atoms with E-state index in [-0.39, 0.29) is 6.10 Å². The number of morpholine rings is 1. The van der Waals surface area contributed by atoms with Gasteiger partial charge in [0.15, 0.2) is 0 Å². The summed E-state index contributed by atoms with van der Waals surface area (Å²) in [6.45, 7) is 3.77. The minimum atomic E-state index is -0.109. The number of pyridine rings is 1. The summed E-state index contributed by atoms with van der Waals surface area (Å²) in [7, 11) is 4.07. The Kier molecular flexibility index (Phi) is 7.13. The number of hydrogen-bond acceptors (Lipinski definition) is 8. The van der Waals surface area contributed by atoms with Crippen LogP contribution in [0.5, 0.6) is 5.75 Å². The molecule has 0 aliphatic carbocycles. The number of fused-ring (bicyclic) bond motifs is 1. The lowest BCUT2D eigenvalue weighted by Gasteiger charge is -2.24. The number of nitrogens with one attached hydrogen (secondary N) is 2. The Bertz CT molecular complexity index is 1270. The second kappa shape index (κ2) is 10.8.